The van der Waals surface area contributed by atoms with Crippen molar-refractivity contribution >= 4 is 5.71 Å². The SMILES string of the molecule is CN1/N=C(/C2=C\CCCCCCCC2)CCCCCCN1. The molecule has 21 heavy (non-hydrogen) atoms. The van der Waals surface area contributed by atoms with Gasteiger partial charge in [-0.15, -0.1) is 0 Å². The van der Waals surface area contributed by atoms with Gasteiger partial charge >= 0.3 is 0 Å². The number of allylic oxidation sites excluding steroid dienone is 2. The van der Waals surface area contributed by atoms with Gasteiger partial charge in [-0.1, -0.05) is 44.6 Å². The van der Waals surface area contributed by atoms with E-state index in [2.05, 4.69) is 11.5 Å². The fourth-order valence-electron chi connectivity index (χ4n) is 3.31. The van der Waals surface area contributed by atoms with Gasteiger partial charge in [-0.3, -0.25) is 0 Å². The van der Waals surface area contributed by atoms with Gasteiger partial charge in [0.15, 0.2) is 0 Å². The lowest BCUT2D eigenvalue weighted by Gasteiger charge is -2.20. The lowest BCUT2D eigenvalue weighted by Crippen LogP contribution is -2.32. The molecule has 0 aromatic rings. The zero-order valence-electron chi connectivity index (χ0n) is 13.9. The van der Waals surface area contributed by atoms with Crippen molar-refractivity contribution in [1.82, 2.24) is 10.5 Å². The fourth-order valence-corrected chi connectivity index (χ4v) is 3.31. The van der Waals surface area contributed by atoms with E-state index in [4.69, 9.17) is 5.10 Å². The number of hydrogen-bond acceptors (Lipinski definition) is 3. The molecule has 1 heterocycles. The molecule has 0 radical (unpaired) electrons. The summed E-state index contributed by atoms with van der Waals surface area (Å²) in [5.74, 6) is 0. The largest absolute Gasteiger partial charge is 0.233 e. The van der Waals surface area contributed by atoms with Crippen LogP contribution in [0, 0.1) is 0 Å². The molecular weight excluding hydrogens is 258 g/mol. The summed E-state index contributed by atoms with van der Waals surface area (Å²) in [6.45, 7) is 1.05. The van der Waals surface area contributed by atoms with Crippen molar-refractivity contribution < 1.29 is 0 Å². The average Bonchev–Trinajstić information content (AvgIpc) is 2.51. The molecule has 0 spiro atoms. The molecule has 0 bridgehead atoms. The van der Waals surface area contributed by atoms with Crippen molar-refractivity contribution in [2.45, 2.75) is 83.5 Å². The Morgan fingerprint density at radius 2 is 1.52 bits per heavy atom. The Balaban J connectivity index is 2.05. The van der Waals surface area contributed by atoms with Crippen LogP contribution in [0.25, 0.3) is 0 Å². The van der Waals surface area contributed by atoms with Crippen molar-refractivity contribution in [3.05, 3.63) is 11.6 Å². The summed E-state index contributed by atoms with van der Waals surface area (Å²) < 4.78 is 0. The Kier molecular flexibility index (Phi) is 7.87. The number of hydrazine groups is 1. The first-order valence-corrected chi connectivity index (χ1v) is 9.10. The van der Waals surface area contributed by atoms with Gasteiger partial charge in [0.2, 0.25) is 0 Å². The minimum atomic E-state index is 1.05. The molecule has 120 valence electrons. The van der Waals surface area contributed by atoms with Crippen molar-refractivity contribution in [3.8, 4) is 0 Å². The molecule has 0 aromatic heterocycles. The van der Waals surface area contributed by atoms with Crippen molar-refractivity contribution in [1.29, 1.82) is 0 Å². The Morgan fingerprint density at radius 1 is 0.857 bits per heavy atom. The molecule has 3 nitrogen and oxygen atoms in total. The van der Waals surface area contributed by atoms with Crippen LogP contribution >= 0.6 is 0 Å². The highest BCUT2D eigenvalue weighted by molar-refractivity contribution is 5.99. The monoisotopic (exact) mass is 291 g/mol. The smallest absolute Gasteiger partial charge is 0.0649 e. The summed E-state index contributed by atoms with van der Waals surface area (Å²) in [4.78, 5) is 0. The van der Waals surface area contributed by atoms with E-state index in [9.17, 15) is 0 Å². The number of nitrogens with one attached hydrogen (secondary N) is 1. The lowest BCUT2D eigenvalue weighted by atomic mass is 9.95. The molecule has 0 unspecified atom stereocenters. The predicted molar refractivity (Wildman–Crippen MR) is 91.3 cm³/mol. The van der Waals surface area contributed by atoms with E-state index in [1.807, 2.05) is 12.2 Å². The fraction of sp³-hybridized carbons (Fsp3) is 0.833. The van der Waals surface area contributed by atoms with E-state index < -0.39 is 0 Å². The first-order chi connectivity index (χ1) is 10.4. The van der Waals surface area contributed by atoms with Gasteiger partial charge in [-0.2, -0.15) is 5.10 Å². The van der Waals surface area contributed by atoms with E-state index >= 15 is 0 Å². The van der Waals surface area contributed by atoms with E-state index in [1.54, 1.807) is 0 Å². The number of nitrogens with zero attached hydrogens (tertiary/aromatic N) is 2. The van der Waals surface area contributed by atoms with Crippen LogP contribution in [-0.4, -0.2) is 24.4 Å². The molecule has 0 aromatic carbocycles. The quantitative estimate of drug-likeness (QED) is 0.751. The number of rotatable bonds is 1. The molecule has 1 aliphatic heterocycles. The Hall–Kier alpha value is -0.830. The Labute approximate surface area is 130 Å². The minimum Gasteiger partial charge on any atom is -0.233 e. The second-order valence-electron chi connectivity index (χ2n) is 6.53. The van der Waals surface area contributed by atoms with Crippen molar-refractivity contribution in [2.24, 2.45) is 5.10 Å². The molecule has 2 rings (SSSR count). The first kappa shape index (κ1) is 16.5. The normalized spacial score (nSPS) is 28.9. The van der Waals surface area contributed by atoms with Crippen LogP contribution in [0.4, 0.5) is 0 Å². The van der Waals surface area contributed by atoms with Gasteiger partial charge < -0.3 is 0 Å². The molecule has 3 heteroatoms. The lowest BCUT2D eigenvalue weighted by molar-refractivity contribution is 0.242. The molecule has 1 N–H and O–H groups in total. The summed E-state index contributed by atoms with van der Waals surface area (Å²) >= 11 is 0. The molecule has 0 saturated carbocycles. The summed E-state index contributed by atoms with van der Waals surface area (Å²) in [5, 5.41) is 6.80. The maximum absolute atomic E-state index is 4.86. The molecule has 0 amide bonds. The zero-order chi connectivity index (χ0) is 14.8. The highest BCUT2D eigenvalue weighted by Gasteiger charge is 2.11. The van der Waals surface area contributed by atoms with Gasteiger partial charge in [0.25, 0.3) is 0 Å². The maximum atomic E-state index is 4.86. The van der Waals surface area contributed by atoms with Crippen LogP contribution in [0.2, 0.25) is 0 Å². The Morgan fingerprint density at radius 3 is 2.38 bits per heavy atom. The molecule has 0 fully saturated rings. The first-order valence-electron chi connectivity index (χ1n) is 9.10. The van der Waals surface area contributed by atoms with Crippen LogP contribution < -0.4 is 5.43 Å². The second-order valence-corrected chi connectivity index (χ2v) is 6.53. The third-order valence-electron chi connectivity index (χ3n) is 4.61. The molecule has 2 aliphatic rings. The van der Waals surface area contributed by atoms with Gasteiger partial charge in [0, 0.05) is 13.6 Å². The topological polar surface area (TPSA) is 27.6 Å². The van der Waals surface area contributed by atoms with Gasteiger partial charge in [-0.25, -0.2) is 10.5 Å². The van der Waals surface area contributed by atoms with Crippen LogP contribution in [0.5, 0.6) is 0 Å². The standard InChI is InChI=1S/C18H33N3/c1-21-19-16-12-8-7-11-15-18(20-21)17-13-9-5-3-2-4-6-10-14-17/h13,19H,2-12,14-16H2,1H3/b17-13-,20-18+. The van der Waals surface area contributed by atoms with Crippen LogP contribution in [0.3, 0.4) is 0 Å². The van der Waals surface area contributed by atoms with E-state index in [0.29, 0.717) is 0 Å². The minimum absolute atomic E-state index is 1.05. The van der Waals surface area contributed by atoms with E-state index in [1.165, 1.54) is 88.3 Å². The van der Waals surface area contributed by atoms with Crippen molar-refractivity contribution in [2.75, 3.05) is 13.6 Å². The molecule has 0 saturated heterocycles. The molecular formula is C18H33N3. The van der Waals surface area contributed by atoms with Crippen LogP contribution in [0.1, 0.15) is 83.5 Å². The summed E-state index contributed by atoms with van der Waals surface area (Å²) in [6.07, 6.45) is 19.7. The highest BCUT2D eigenvalue weighted by atomic mass is 15.7. The summed E-state index contributed by atoms with van der Waals surface area (Å²) in [7, 11) is 2.04. The number of hydrogen-bond donors (Lipinski definition) is 1. The second kappa shape index (κ2) is 9.99. The summed E-state index contributed by atoms with van der Waals surface area (Å²) in [5.41, 5.74) is 6.26. The van der Waals surface area contributed by atoms with Gasteiger partial charge in [0.1, 0.15) is 0 Å². The van der Waals surface area contributed by atoms with E-state index in [-0.39, 0.29) is 0 Å². The maximum Gasteiger partial charge on any atom is 0.0649 e. The van der Waals surface area contributed by atoms with Crippen molar-refractivity contribution in [3.63, 3.8) is 0 Å². The molecule has 1 aliphatic carbocycles. The van der Waals surface area contributed by atoms with Gasteiger partial charge in [-0.05, 0) is 50.5 Å². The summed E-state index contributed by atoms with van der Waals surface area (Å²) in [6, 6.07) is 0. The third kappa shape index (κ3) is 6.64. The number of hydrazone groups is 1. The highest BCUT2D eigenvalue weighted by Crippen LogP contribution is 2.21. The van der Waals surface area contributed by atoms with Crippen LogP contribution in [-0.2, 0) is 0 Å². The zero-order valence-corrected chi connectivity index (χ0v) is 13.9. The van der Waals surface area contributed by atoms with E-state index in [0.717, 1.165) is 13.0 Å². The Bertz CT molecular complexity index is 346. The van der Waals surface area contributed by atoms with Gasteiger partial charge in [0.05, 0.1) is 5.71 Å². The third-order valence-corrected chi connectivity index (χ3v) is 4.61. The molecule has 0 atom stereocenters. The van der Waals surface area contributed by atoms with Crippen LogP contribution in [0.15, 0.2) is 16.8 Å². The average molecular weight is 291 g/mol. The predicted octanol–water partition coefficient (Wildman–Crippen LogP) is 4.80.